The van der Waals surface area contributed by atoms with E-state index in [-0.39, 0.29) is 38.9 Å². The molecule has 0 aromatic carbocycles. The highest BCUT2D eigenvalue weighted by molar-refractivity contribution is 5.96. The molecule has 0 bridgehead atoms. The van der Waals surface area contributed by atoms with Crippen molar-refractivity contribution in [2.45, 2.75) is 75.9 Å². The average molecular weight is 805 g/mol. The fourth-order valence-electron chi connectivity index (χ4n) is 4.97. The van der Waals surface area contributed by atoms with E-state index in [1.807, 2.05) is 0 Å². The van der Waals surface area contributed by atoms with Crippen LogP contribution >= 0.6 is 0 Å². The summed E-state index contributed by atoms with van der Waals surface area (Å²) in [6.07, 6.45) is 2.09. The van der Waals surface area contributed by atoms with Gasteiger partial charge in [0.2, 0.25) is 53.2 Å². The third kappa shape index (κ3) is 23.5. The summed E-state index contributed by atoms with van der Waals surface area (Å²) in [6.45, 7) is -2.48. The van der Waals surface area contributed by atoms with Crippen LogP contribution in [0.4, 0.5) is 0 Å². The maximum absolute atomic E-state index is 13.2. The van der Waals surface area contributed by atoms with E-state index < -0.39 is 111 Å². The van der Waals surface area contributed by atoms with Gasteiger partial charge in [-0.2, -0.15) is 0 Å². The summed E-state index contributed by atoms with van der Waals surface area (Å²) in [7, 11) is 0. The molecule has 0 aromatic heterocycles. The van der Waals surface area contributed by atoms with E-state index in [9.17, 15) is 43.2 Å². The van der Waals surface area contributed by atoms with E-state index in [2.05, 4.69) is 77.9 Å². The van der Waals surface area contributed by atoms with Crippen molar-refractivity contribution < 1.29 is 43.2 Å². The number of carbonyl (C=O) groups is 9. The van der Waals surface area contributed by atoms with Gasteiger partial charge in [0.15, 0.2) is 0 Å². The monoisotopic (exact) mass is 804 g/mol. The molecule has 0 unspecified atom stereocenters. The molecule has 1 rings (SSSR count). The van der Waals surface area contributed by atoms with Crippen molar-refractivity contribution >= 4 is 53.2 Å². The minimum atomic E-state index is -1.20. The van der Waals surface area contributed by atoms with Crippen LogP contribution in [-0.2, 0) is 43.2 Å². The van der Waals surface area contributed by atoms with Crippen LogP contribution in [-0.4, -0.2) is 130 Å². The summed E-state index contributed by atoms with van der Waals surface area (Å²) < 4.78 is 0. The lowest BCUT2D eigenvalue weighted by Crippen LogP contribution is -2.56. The second-order valence-corrected chi connectivity index (χ2v) is 12.2. The zero-order valence-electron chi connectivity index (χ0n) is 31.2. The van der Waals surface area contributed by atoms with E-state index >= 15 is 0 Å². The lowest BCUT2D eigenvalue weighted by molar-refractivity contribution is -0.133. The molecule has 27 nitrogen and oxygen atoms in total. The first-order valence-electron chi connectivity index (χ1n) is 17.9. The van der Waals surface area contributed by atoms with Crippen molar-refractivity contribution in [1.82, 2.24) is 47.9 Å². The smallest absolute Gasteiger partial charge is 0.243 e. The van der Waals surface area contributed by atoms with Crippen LogP contribution in [0.3, 0.4) is 0 Å². The lowest BCUT2D eigenvalue weighted by Gasteiger charge is -2.22. The summed E-state index contributed by atoms with van der Waals surface area (Å²) in [4.78, 5) is 121. The second kappa shape index (κ2) is 29.5. The molecule has 0 aromatic rings. The topological polar surface area (TPSA) is 408 Å². The molecule has 0 aliphatic carbocycles. The number of hydrogen-bond donors (Lipinski definition) is 9. The Morgan fingerprint density at radius 1 is 0.491 bits per heavy atom. The first-order chi connectivity index (χ1) is 27.4. The molecule has 312 valence electrons. The number of hydrogen-bond acceptors (Lipinski definition) is 12. The number of unbranched alkanes of at least 4 members (excludes halogenated alkanes) is 3. The molecule has 1 saturated heterocycles. The molecular formula is C30H48N18O9. The van der Waals surface area contributed by atoms with E-state index in [1.54, 1.807) is 0 Å². The largest absolute Gasteiger partial charge is 0.356 e. The van der Waals surface area contributed by atoms with E-state index in [1.165, 1.54) is 0 Å². The fourth-order valence-corrected chi connectivity index (χ4v) is 4.97. The number of carbonyl (C=O) groups excluding carboxylic acids is 9. The van der Waals surface area contributed by atoms with Gasteiger partial charge in [0.25, 0.3) is 0 Å². The van der Waals surface area contributed by atoms with Gasteiger partial charge in [0.05, 0.1) is 19.6 Å². The molecule has 0 radical (unpaired) electrons. The summed E-state index contributed by atoms with van der Waals surface area (Å²) in [5.41, 5.74) is 25.0. The first-order valence-corrected chi connectivity index (χ1v) is 17.9. The summed E-state index contributed by atoms with van der Waals surface area (Å²) in [5, 5.41) is 31.8. The molecule has 9 amide bonds. The van der Waals surface area contributed by atoms with Crippen LogP contribution in [0.25, 0.3) is 31.3 Å². The minimum Gasteiger partial charge on any atom is -0.356 e. The highest BCUT2D eigenvalue weighted by Crippen LogP contribution is 2.05. The van der Waals surface area contributed by atoms with Gasteiger partial charge < -0.3 is 47.9 Å². The second-order valence-electron chi connectivity index (χ2n) is 12.2. The Hall–Kier alpha value is -6.84. The van der Waals surface area contributed by atoms with Crippen LogP contribution in [0.15, 0.2) is 15.3 Å². The molecule has 0 spiro atoms. The van der Waals surface area contributed by atoms with E-state index in [0.29, 0.717) is 38.5 Å². The van der Waals surface area contributed by atoms with Crippen molar-refractivity contribution in [3.63, 3.8) is 0 Å². The number of azide groups is 3. The Morgan fingerprint density at radius 2 is 0.754 bits per heavy atom. The normalized spacial score (nSPS) is 18.0. The SMILES string of the molecule is [N-]=[N+]=NCC(=O)NCCCC[C@@H]1NC(=O)CNC(=O)[C@H](CCCCNC(=O)CN=[N+]=[N-])NC(=O)CNC(=O)[C@H](CCCCNC(=O)CN=[N+]=[N-])NC(=O)CNC1=O. The van der Waals surface area contributed by atoms with Gasteiger partial charge in [-0.1, -0.05) is 15.3 Å². The maximum atomic E-state index is 13.2. The molecule has 1 aliphatic rings. The van der Waals surface area contributed by atoms with Gasteiger partial charge in [-0.05, 0) is 74.4 Å². The Balaban J connectivity index is 3.10. The zero-order chi connectivity index (χ0) is 42.3. The lowest BCUT2D eigenvalue weighted by atomic mass is 10.1. The van der Waals surface area contributed by atoms with Crippen LogP contribution in [0.2, 0.25) is 0 Å². The van der Waals surface area contributed by atoms with Crippen molar-refractivity contribution in [1.29, 1.82) is 0 Å². The van der Waals surface area contributed by atoms with Gasteiger partial charge in [-0.3, -0.25) is 43.2 Å². The van der Waals surface area contributed by atoms with Gasteiger partial charge in [0, 0.05) is 34.4 Å². The molecule has 27 heteroatoms. The molecule has 0 saturated carbocycles. The molecule has 9 N–H and O–H groups in total. The van der Waals surface area contributed by atoms with Crippen molar-refractivity contribution in [3.05, 3.63) is 31.3 Å². The Kier molecular flexibility index (Phi) is 24.9. The maximum Gasteiger partial charge on any atom is 0.243 e. The summed E-state index contributed by atoms with van der Waals surface area (Å²) in [5.74, 6) is -6.13. The molecular weight excluding hydrogens is 756 g/mol. The number of nitrogens with zero attached hydrogens (tertiary/aromatic N) is 9. The fraction of sp³-hybridized carbons (Fsp3) is 0.700. The van der Waals surface area contributed by atoms with E-state index in [4.69, 9.17) is 16.6 Å². The zero-order valence-corrected chi connectivity index (χ0v) is 31.2. The summed E-state index contributed by atoms with van der Waals surface area (Å²) in [6, 6.07) is -3.59. The average Bonchev–Trinajstić information content (AvgIpc) is 3.19. The predicted molar refractivity (Wildman–Crippen MR) is 197 cm³/mol. The van der Waals surface area contributed by atoms with Crippen LogP contribution in [0.1, 0.15) is 57.8 Å². The quantitative estimate of drug-likeness (QED) is 0.0258. The molecule has 1 fully saturated rings. The Morgan fingerprint density at radius 3 is 1.00 bits per heavy atom. The van der Waals surface area contributed by atoms with E-state index in [0.717, 1.165) is 0 Å². The molecule has 57 heavy (non-hydrogen) atoms. The molecule has 1 aliphatic heterocycles. The van der Waals surface area contributed by atoms with Crippen LogP contribution < -0.4 is 47.9 Å². The minimum absolute atomic E-state index is 0.0435. The number of rotatable bonds is 21. The third-order valence-electron chi connectivity index (χ3n) is 7.78. The van der Waals surface area contributed by atoms with Gasteiger partial charge >= 0.3 is 0 Å². The highest BCUT2D eigenvalue weighted by Gasteiger charge is 2.26. The van der Waals surface area contributed by atoms with Crippen LogP contribution in [0, 0.1) is 0 Å². The predicted octanol–water partition coefficient (Wildman–Crippen LogP) is -2.41. The number of amides is 9. The Bertz CT molecular complexity index is 1390. The van der Waals surface area contributed by atoms with Crippen molar-refractivity contribution in [2.24, 2.45) is 15.3 Å². The van der Waals surface area contributed by atoms with Crippen molar-refractivity contribution in [2.75, 3.05) is 58.9 Å². The van der Waals surface area contributed by atoms with Gasteiger partial charge in [0.1, 0.15) is 37.8 Å². The first kappa shape index (κ1) is 48.2. The standard InChI is InChI=1S/C30H48N18O9/c31-46-40-16-22(49)34-10-4-1-7-19-28(55)37-14-26(53)44-21(9-3-6-12-36-24(51)18-42-48-33)30(57)39-15-27(54)45-20(29(56)38-13-25(52)43-19)8-2-5-11-35-23(50)17-41-47-32/h19-21H,1-18H2,(H,34,49)(H,35,50)(H,36,51)(H,37,55)(H,38,56)(H,39,57)(H,43,52)(H,44,53)(H,45,54)/t19-,20-,21-/m0/s1. The third-order valence-corrected chi connectivity index (χ3v) is 7.78. The Labute approximate surface area is 325 Å². The van der Waals surface area contributed by atoms with Gasteiger partial charge in [-0.15, -0.1) is 0 Å². The highest BCUT2D eigenvalue weighted by atomic mass is 16.2. The number of nitrogens with one attached hydrogen (secondary N) is 9. The molecule has 3 atom stereocenters. The van der Waals surface area contributed by atoms with Crippen molar-refractivity contribution in [3.8, 4) is 0 Å². The van der Waals surface area contributed by atoms with Crippen LogP contribution in [0.5, 0.6) is 0 Å². The van der Waals surface area contributed by atoms with Gasteiger partial charge in [-0.25, -0.2) is 0 Å². The molecule has 1 heterocycles. The summed E-state index contributed by atoms with van der Waals surface area (Å²) >= 11 is 0.